The van der Waals surface area contributed by atoms with E-state index in [9.17, 15) is 0 Å². The van der Waals surface area contributed by atoms with E-state index < -0.39 is 0 Å². The molecule has 2 aromatic rings. The first kappa shape index (κ1) is 10.5. The van der Waals surface area contributed by atoms with Crippen molar-refractivity contribution in [2.45, 2.75) is 6.42 Å². The van der Waals surface area contributed by atoms with Gasteiger partial charge in [-0.05, 0) is 17.7 Å². The van der Waals surface area contributed by atoms with Crippen molar-refractivity contribution in [1.29, 1.82) is 0 Å². The van der Waals surface area contributed by atoms with E-state index in [1.807, 2.05) is 25.2 Å². The van der Waals surface area contributed by atoms with Crippen LogP contribution in [0.4, 0.5) is 5.82 Å². The van der Waals surface area contributed by atoms with Crippen LogP contribution in [-0.2, 0) is 6.42 Å². The molecule has 0 atom stereocenters. The molecule has 0 saturated carbocycles. The van der Waals surface area contributed by atoms with Crippen molar-refractivity contribution in [2.24, 2.45) is 0 Å². The lowest BCUT2D eigenvalue weighted by Crippen LogP contribution is -1.89. The third-order valence-electron chi connectivity index (χ3n) is 2.44. The van der Waals surface area contributed by atoms with Gasteiger partial charge in [-0.2, -0.15) is 5.10 Å². The summed E-state index contributed by atoms with van der Waals surface area (Å²) in [6.07, 6.45) is 0.846. The van der Waals surface area contributed by atoms with Gasteiger partial charge in [0.2, 0.25) is 0 Å². The van der Waals surface area contributed by atoms with Gasteiger partial charge in [-0.25, -0.2) is 0 Å². The molecule has 0 spiro atoms. The summed E-state index contributed by atoms with van der Waals surface area (Å²) in [5, 5.41) is 10.1. The summed E-state index contributed by atoms with van der Waals surface area (Å²) < 4.78 is 5.11. The first-order chi connectivity index (χ1) is 7.81. The number of anilines is 1. The number of nitrogens with one attached hydrogen (secondary N) is 2. The highest BCUT2D eigenvalue weighted by atomic mass is 16.5. The van der Waals surface area contributed by atoms with Crippen LogP contribution in [0.25, 0.3) is 0 Å². The second kappa shape index (κ2) is 4.70. The zero-order chi connectivity index (χ0) is 11.4. The second-order valence-electron chi connectivity index (χ2n) is 3.55. The quantitative estimate of drug-likeness (QED) is 0.824. The predicted molar refractivity (Wildman–Crippen MR) is 63.9 cm³/mol. The molecular formula is C12H15N3O. The van der Waals surface area contributed by atoms with E-state index in [4.69, 9.17) is 4.74 Å². The zero-order valence-corrected chi connectivity index (χ0v) is 9.45. The molecule has 0 aliphatic rings. The minimum absolute atomic E-state index is 0.846. The summed E-state index contributed by atoms with van der Waals surface area (Å²) >= 11 is 0. The van der Waals surface area contributed by atoms with Crippen molar-refractivity contribution in [2.75, 3.05) is 19.5 Å². The van der Waals surface area contributed by atoms with Gasteiger partial charge < -0.3 is 10.1 Å². The van der Waals surface area contributed by atoms with Crippen LogP contribution in [0.1, 0.15) is 11.3 Å². The average Bonchev–Trinajstić information content (AvgIpc) is 2.78. The number of rotatable bonds is 4. The smallest absolute Gasteiger partial charge is 0.147 e. The van der Waals surface area contributed by atoms with Crippen LogP contribution >= 0.6 is 0 Å². The molecule has 84 valence electrons. The van der Waals surface area contributed by atoms with Crippen molar-refractivity contribution >= 4 is 5.82 Å². The second-order valence-corrected chi connectivity index (χ2v) is 3.55. The number of benzene rings is 1. The Hall–Kier alpha value is -1.97. The van der Waals surface area contributed by atoms with E-state index in [-0.39, 0.29) is 0 Å². The maximum atomic E-state index is 5.11. The Kier molecular flexibility index (Phi) is 3.10. The molecule has 1 heterocycles. The van der Waals surface area contributed by atoms with Crippen molar-refractivity contribution in [3.8, 4) is 5.75 Å². The summed E-state index contributed by atoms with van der Waals surface area (Å²) in [6, 6.07) is 10.0. The Morgan fingerprint density at radius 2 is 2.06 bits per heavy atom. The summed E-state index contributed by atoms with van der Waals surface area (Å²) in [4.78, 5) is 0. The lowest BCUT2D eigenvalue weighted by Gasteiger charge is -2.01. The third kappa shape index (κ3) is 2.34. The van der Waals surface area contributed by atoms with Crippen LogP contribution in [0.3, 0.4) is 0 Å². The number of hydrogen-bond donors (Lipinski definition) is 2. The Morgan fingerprint density at radius 3 is 2.62 bits per heavy atom. The number of hydrogen-bond acceptors (Lipinski definition) is 3. The number of aromatic nitrogens is 2. The Balaban J connectivity index is 2.08. The van der Waals surface area contributed by atoms with Gasteiger partial charge in [-0.3, -0.25) is 5.10 Å². The molecule has 0 amide bonds. The SMILES string of the molecule is CNc1cc(Cc2ccc(OC)cc2)[nH]n1. The maximum Gasteiger partial charge on any atom is 0.147 e. The van der Waals surface area contributed by atoms with Gasteiger partial charge in [-0.15, -0.1) is 0 Å². The van der Waals surface area contributed by atoms with Gasteiger partial charge in [0.1, 0.15) is 11.6 Å². The molecule has 0 radical (unpaired) electrons. The predicted octanol–water partition coefficient (Wildman–Crippen LogP) is 2.05. The third-order valence-corrected chi connectivity index (χ3v) is 2.44. The number of ether oxygens (including phenoxy) is 1. The van der Waals surface area contributed by atoms with E-state index in [1.54, 1.807) is 7.11 Å². The van der Waals surface area contributed by atoms with Crippen LogP contribution in [0.15, 0.2) is 30.3 Å². The fourth-order valence-electron chi connectivity index (χ4n) is 1.54. The molecule has 0 aliphatic carbocycles. The molecule has 0 saturated heterocycles. The van der Waals surface area contributed by atoms with Crippen LogP contribution in [0.5, 0.6) is 5.75 Å². The normalized spacial score (nSPS) is 10.1. The first-order valence-corrected chi connectivity index (χ1v) is 5.17. The number of aromatic amines is 1. The van der Waals surface area contributed by atoms with Crippen molar-refractivity contribution in [1.82, 2.24) is 10.2 Å². The molecule has 0 unspecified atom stereocenters. The molecule has 2 N–H and O–H groups in total. The molecular weight excluding hydrogens is 202 g/mol. The van der Waals surface area contributed by atoms with E-state index in [2.05, 4.69) is 27.6 Å². The lowest BCUT2D eigenvalue weighted by atomic mass is 10.1. The number of nitrogens with zero attached hydrogens (tertiary/aromatic N) is 1. The van der Waals surface area contributed by atoms with Gasteiger partial charge in [0, 0.05) is 25.2 Å². The minimum atomic E-state index is 0.846. The van der Waals surface area contributed by atoms with E-state index >= 15 is 0 Å². The van der Waals surface area contributed by atoms with Gasteiger partial charge in [0.05, 0.1) is 7.11 Å². The van der Waals surface area contributed by atoms with Gasteiger partial charge in [0.25, 0.3) is 0 Å². The number of methoxy groups -OCH3 is 1. The molecule has 2 rings (SSSR count). The monoisotopic (exact) mass is 217 g/mol. The Labute approximate surface area is 94.6 Å². The maximum absolute atomic E-state index is 5.11. The van der Waals surface area contributed by atoms with Crippen molar-refractivity contribution in [3.05, 3.63) is 41.6 Å². The molecule has 4 nitrogen and oxygen atoms in total. The van der Waals surface area contributed by atoms with Crippen molar-refractivity contribution in [3.63, 3.8) is 0 Å². The van der Waals surface area contributed by atoms with Gasteiger partial charge >= 0.3 is 0 Å². The topological polar surface area (TPSA) is 49.9 Å². The number of H-pyrrole nitrogens is 1. The summed E-state index contributed by atoms with van der Waals surface area (Å²) in [5.41, 5.74) is 2.32. The molecule has 1 aromatic heterocycles. The van der Waals surface area contributed by atoms with E-state index in [1.165, 1.54) is 5.56 Å². The van der Waals surface area contributed by atoms with Gasteiger partial charge in [-0.1, -0.05) is 12.1 Å². The molecule has 0 fully saturated rings. The molecule has 0 aliphatic heterocycles. The Bertz CT molecular complexity index is 448. The fourth-order valence-corrected chi connectivity index (χ4v) is 1.54. The van der Waals surface area contributed by atoms with Crippen LogP contribution < -0.4 is 10.1 Å². The Morgan fingerprint density at radius 1 is 1.31 bits per heavy atom. The van der Waals surface area contributed by atoms with E-state index in [0.29, 0.717) is 0 Å². The zero-order valence-electron chi connectivity index (χ0n) is 9.45. The van der Waals surface area contributed by atoms with Crippen molar-refractivity contribution < 1.29 is 4.74 Å². The highest BCUT2D eigenvalue weighted by Gasteiger charge is 2.01. The highest BCUT2D eigenvalue weighted by molar-refractivity contribution is 5.37. The summed E-state index contributed by atoms with van der Waals surface area (Å²) in [5.74, 6) is 1.74. The van der Waals surface area contributed by atoms with Crippen LogP contribution in [-0.4, -0.2) is 24.4 Å². The fraction of sp³-hybridized carbons (Fsp3) is 0.250. The van der Waals surface area contributed by atoms with Crippen LogP contribution in [0.2, 0.25) is 0 Å². The first-order valence-electron chi connectivity index (χ1n) is 5.17. The highest BCUT2D eigenvalue weighted by Crippen LogP contribution is 2.15. The van der Waals surface area contributed by atoms with Crippen LogP contribution in [0, 0.1) is 0 Å². The average molecular weight is 217 g/mol. The molecule has 16 heavy (non-hydrogen) atoms. The van der Waals surface area contributed by atoms with Gasteiger partial charge in [0.15, 0.2) is 0 Å². The molecule has 0 bridgehead atoms. The molecule has 4 heteroatoms. The lowest BCUT2D eigenvalue weighted by molar-refractivity contribution is 0.414. The largest absolute Gasteiger partial charge is 0.497 e. The van der Waals surface area contributed by atoms with E-state index in [0.717, 1.165) is 23.7 Å². The molecule has 1 aromatic carbocycles. The standard InChI is InChI=1S/C12H15N3O/c1-13-12-8-10(14-15-12)7-9-3-5-11(16-2)6-4-9/h3-6,8H,7H2,1-2H3,(H2,13,14,15). The minimum Gasteiger partial charge on any atom is -0.497 e. The summed E-state index contributed by atoms with van der Waals surface area (Å²) in [6.45, 7) is 0. The summed E-state index contributed by atoms with van der Waals surface area (Å²) in [7, 11) is 3.52.